The quantitative estimate of drug-likeness (QED) is 0.254. The fourth-order valence-corrected chi connectivity index (χ4v) is 5.05. The molecule has 2 aromatic heterocycles. The van der Waals surface area contributed by atoms with Gasteiger partial charge in [-0.05, 0) is 64.2 Å². The molecule has 204 valence electrons. The van der Waals surface area contributed by atoms with Gasteiger partial charge < -0.3 is 23.9 Å². The van der Waals surface area contributed by atoms with Gasteiger partial charge in [-0.2, -0.15) is 0 Å². The molecule has 0 saturated heterocycles. The van der Waals surface area contributed by atoms with Crippen LogP contribution >= 0.6 is 0 Å². The van der Waals surface area contributed by atoms with Gasteiger partial charge in [0.15, 0.2) is 0 Å². The number of methoxy groups -OCH3 is 1. The number of anilines is 1. The number of esters is 1. The Labute approximate surface area is 228 Å². The normalized spacial score (nSPS) is 17.6. The van der Waals surface area contributed by atoms with Gasteiger partial charge in [0.25, 0.3) is 0 Å². The van der Waals surface area contributed by atoms with E-state index in [9.17, 15) is 4.79 Å². The van der Waals surface area contributed by atoms with Crippen LogP contribution in [-0.4, -0.2) is 47.4 Å². The van der Waals surface area contributed by atoms with E-state index in [0.717, 1.165) is 65.1 Å². The Morgan fingerprint density at radius 3 is 2.51 bits per heavy atom. The third-order valence-corrected chi connectivity index (χ3v) is 6.73. The van der Waals surface area contributed by atoms with E-state index in [2.05, 4.69) is 15.3 Å². The van der Waals surface area contributed by atoms with E-state index in [4.69, 9.17) is 18.6 Å². The van der Waals surface area contributed by atoms with Crippen LogP contribution in [-0.2, 0) is 14.3 Å². The van der Waals surface area contributed by atoms with Gasteiger partial charge in [0.2, 0.25) is 5.71 Å². The highest BCUT2D eigenvalue weighted by Gasteiger charge is 2.27. The van der Waals surface area contributed by atoms with Crippen LogP contribution in [0.25, 0.3) is 33.6 Å². The molecule has 0 spiro atoms. The maximum atomic E-state index is 12.2. The minimum Gasteiger partial charge on any atom is -0.497 e. The summed E-state index contributed by atoms with van der Waals surface area (Å²) in [6.45, 7) is 5.52. The van der Waals surface area contributed by atoms with Crippen molar-refractivity contribution in [2.75, 3.05) is 19.0 Å². The van der Waals surface area contributed by atoms with E-state index in [1.807, 2.05) is 75.4 Å². The highest BCUT2D eigenvalue weighted by Crippen LogP contribution is 2.43. The molecular weight excluding hydrogens is 494 g/mol. The number of furan rings is 1. The number of fused-ring (bicyclic) bond motifs is 1. The second-order valence-corrected chi connectivity index (χ2v) is 10.8. The summed E-state index contributed by atoms with van der Waals surface area (Å²) >= 11 is 0. The molecule has 1 aliphatic carbocycles. The maximum absolute atomic E-state index is 12.2. The van der Waals surface area contributed by atoms with E-state index in [0.29, 0.717) is 5.71 Å². The van der Waals surface area contributed by atoms with Crippen molar-refractivity contribution in [3.05, 3.63) is 60.9 Å². The van der Waals surface area contributed by atoms with Crippen LogP contribution in [0.2, 0.25) is 0 Å². The third-order valence-electron chi connectivity index (χ3n) is 6.73. The first-order chi connectivity index (χ1) is 18.8. The standard InChI is InChI=1S/C31H35N3O5/c1-31(2,3)39-25(35)18-37-24-12-8-11-22(17-24)34-29-27-26(20-13-15-23(36-4)16-14-20)28(21-9-6-5-7-10-21)38-30(27)33-19-32-29/h5-7,9-10,13-16,19,22,24H,8,11-12,17-18H2,1-4H3,(H,32,33,34)/t22-,24?/m0/s1. The Hall–Kier alpha value is -3.91. The number of carbonyl (C=O) groups excluding carboxylic acids is 1. The summed E-state index contributed by atoms with van der Waals surface area (Å²) in [5, 5.41) is 4.48. The minimum atomic E-state index is -0.528. The Morgan fingerprint density at radius 2 is 1.79 bits per heavy atom. The van der Waals surface area contributed by atoms with Crippen molar-refractivity contribution in [2.45, 2.75) is 64.2 Å². The second-order valence-electron chi connectivity index (χ2n) is 10.8. The number of carbonyl (C=O) groups is 1. The predicted octanol–water partition coefficient (Wildman–Crippen LogP) is 6.65. The Bertz CT molecular complexity index is 1410. The van der Waals surface area contributed by atoms with Gasteiger partial charge in [0, 0.05) is 17.2 Å². The number of hydrogen-bond donors (Lipinski definition) is 1. The first kappa shape index (κ1) is 26.7. The minimum absolute atomic E-state index is 0.0358. The molecule has 0 radical (unpaired) electrons. The van der Waals surface area contributed by atoms with Gasteiger partial charge in [-0.25, -0.2) is 14.8 Å². The maximum Gasteiger partial charge on any atom is 0.332 e. The van der Waals surface area contributed by atoms with Crippen LogP contribution in [0.5, 0.6) is 5.75 Å². The Kier molecular flexibility index (Phi) is 7.84. The highest BCUT2D eigenvalue weighted by atomic mass is 16.6. The zero-order valence-corrected chi connectivity index (χ0v) is 22.9. The largest absolute Gasteiger partial charge is 0.497 e. The first-order valence-electron chi connectivity index (χ1n) is 13.4. The lowest BCUT2D eigenvalue weighted by Gasteiger charge is -2.30. The summed E-state index contributed by atoms with van der Waals surface area (Å²) in [5.74, 6) is 1.89. The Morgan fingerprint density at radius 1 is 1.03 bits per heavy atom. The van der Waals surface area contributed by atoms with Crippen molar-refractivity contribution in [2.24, 2.45) is 0 Å². The van der Waals surface area contributed by atoms with Crippen LogP contribution in [0.1, 0.15) is 46.5 Å². The van der Waals surface area contributed by atoms with Crippen LogP contribution in [0.4, 0.5) is 5.82 Å². The van der Waals surface area contributed by atoms with Crippen molar-refractivity contribution >= 4 is 22.9 Å². The second kappa shape index (κ2) is 11.5. The molecule has 2 atom stereocenters. The summed E-state index contributed by atoms with van der Waals surface area (Å²) in [6, 6.07) is 18.1. The molecule has 2 aromatic carbocycles. The van der Waals surface area contributed by atoms with E-state index in [1.165, 1.54) is 6.33 Å². The molecule has 1 saturated carbocycles. The van der Waals surface area contributed by atoms with Gasteiger partial charge in [0.1, 0.15) is 35.9 Å². The average Bonchev–Trinajstić information content (AvgIpc) is 3.32. The zero-order chi connectivity index (χ0) is 27.4. The summed E-state index contributed by atoms with van der Waals surface area (Å²) in [5.41, 5.74) is 2.86. The number of nitrogens with zero attached hydrogens (tertiary/aromatic N) is 2. The van der Waals surface area contributed by atoms with Gasteiger partial charge in [-0.3, -0.25) is 0 Å². The Balaban J connectivity index is 1.43. The molecule has 1 unspecified atom stereocenters. The van der Waals surface area contributed by atoms with Crippen LogP contribution in [0.15, 0.2) is 65.3 Å². The number of aromatic nitrogens is 2. The summed E-state index contributed by atoms with van der Waals surface area (Å²) in [6.07, 6.45) is 5.11. The lowest BCUT2D eigenvalue weighted by Crippen LogP contribution is -2.34. The molecule has 1 N–H and O–H groups in total. The van der Waals surface area contributed by atoms with E-state index in [1.54, 1.807) is 7.11 Å². The predicted molar refractivity (Wildman–Crippen MR) is 151 cm³/mol. The first-order valence-corrected chi connectivity index (χ1v) is 13.4. The fraction of sp³-hybridized carbons (Fsp3) is 0.387. The fourth-order valence-electron chi connectivity index (χ4n) is 5.05. The number of ether oxygens (including phenoxy) is 3. The van der Waals surface area contributed by atoms with Crippen molar-refractivity contribution in [1.29, 1.82) is 0 Å². The van der Waals surface area contributed by atoms with Crippen molar-refractivity contribution in [1.82, 2.24) is 9.97 Å². The molecule has 1 fully saturated rings. The van der Waals surface area contributed by atoms with Gasteiger partial charge in [0.05, 0.1) is 18.6 Å². The van der Waals surface area contributed by atoms with E-state index in [-0.39, 0.29) is 24.7 Å². The third kappa shape index (κ3) is 6.40. The number of hydrogen-bond acceptors (Lipinski definition) is 8. The molecule has 0 aliphatic heterocycles. The molecular formula is C31H35N3O5. The van der Waals surface area contributed by atoms with E-state index >= 15 is 0 Å². The number of nitrogens with one attached hydrogen (secondary N) is 1. The number of benzene rings is 2. The molecule has 1 aliphatic rings. The molecule has 0 bridgehead atoms. The van der Waals surface area contributed by atoms with Gasteiger partial charge in [-0.1, -0.05) is 42.5 Å². The number of rotatable bonds is 8. The highest BCUT2D eigenvalue weighted by molar-refractivity contribution is 6.05. The smallest absolute Gasteiger partial charge is 0.332 e. The van der Waals surface area contributed by atoms with Crippen molar-refractivity contribution < 1.29 is 23.4 Å². The SMILES string of the molecule is COc1ccc(-c2c(-c3ccccc3)oc3ncnc(N[C@H]4CCCC(OCC(=O)OC(C)(C)C)C4)c23)cc1. The molecule has 2 heterocycles. The molecule has 39 heavy (non-hydrogen) atoms. The van der Waals surface area contributed by atoms with Crippen molar-refractivity contribution in [3.63, 3.8) is 0 Å². The summed E-state index contributed by atoms with van der Waals surface area (Å²) < 4.78 is 23.1. The van der Waals surface area contributed by atoms with Gasteiger partial charge >= 0.3 is 5.97 Å². The monoisotopic (exact) mass is 529 g/mol. The van der Waals surface area contributed by atoms with Crippen molar-refractivity contribution in [3.8, 4) is 28.2 Å². The average molecular weight is 530 g/mol. The molecule has 0 amide bonds. The topological polar surface area (TPSA) is 95.7 Å². The summed E-state index contributed by atoms with van der Waals surface area (Å²) in [7, 11) is 1.65. The molecule has 4 aromatic rings. The molecule has 5 rings (SSSR count). The van der Waals surface area contributed by atoms with Crippen LogP contribution in [0, 0.1) is 0 Å². The lowest BCUT2D eigenvalue weighted by molar-refractivity contribution is -0.162. The lowest BCUT2D eigenvalue weighted by atomic mass is 9.92. The van der Waals surface area contributed by atoms with Crippen LogP contribution < -0.4 is 10.1 Å². The van der Waals surface area contributed by atoms with Crippen LogP contribution in [0.3, 0.4) is 0 Å². The molecule has 8 nitrogen and oxygen atoms in total. The zero-order valence-electron chi connectivity index (χ0n) is 22.9. The summed E-state index contributed by atoms with van der Waals surface area (Å²) in [4.78, 5) is 21.3. The van der Waals surface area contributed by atoms with E-state index < -0.39 is 5.60 Å². The van der Waals surface area contributed by atoms with Gasteiger partial charge in [-0.15, -0.1) is 0 Å². The molecule has 8 heteroatoms.